The Hall–Kier alpha value is -1.89. The number of thioether (sulfide) groups is 3. The first kappa shape index (κ1) is 54.4. The van der Waals surface area contributed by atoms with E-state index in [4.69, 9.17) is 0 Å². The summed E-state index contributed by atoms with van der Waals surface area (Å²) in [6, 6.07) is 18.5. The first-order valence-electron chi connectivity index (χ1n) is 28.7. The Bertz CT molecular complexity index is 2190. The van der Waals surface area contributed by atoms with Gasteiger partial charge in [0.2, 0.25) is 0 Å². The molecular weight excluding hydrogens is 913 g/mol. The molecular formula is C64H96O3S3. The van der Waals surface area contributed by atoms with Crippen LogP contribution in [0.3, 0.4) is 0 Å². The van der Waals surface area contributed by atoms with Crippen LogP contribution in [0.4, 0.5) is 0 Å². The lowest BCUT2D eigenvalue weighted by atomic mass is 9.53. The number of hydrogen-bond acceptors (Lipinski definition) is 6. The third-order valence-electron chi connectivity index (χ3n) is 20.1. The van der Waals surface area contributed by atoms with Gasteiger partial charge in [-0.05, 0) is 241 Å². The van der Waals surface area contributed by atoms with Crippen LogP contribution < -0.4 is 0 Å². The van der Waals surface area contributed by atoms with Crippen molar-refractivity contribution in [2.75, 3.05) is 17.3 Å². The van der Waals surface area contributed by atoms with Crippen molar-refractivity contribution < 1.29 is 15.3 Å². The average molecular weight is 1010 g/mol. The van der Waals surface area contributed by atoms with E-state index in [1.54, 1.807) is 5.56 Å². The normalized spacial score (nSPS) is 32.6. The van der Waals surface area contributed by atoms with E-state index in [9.17, 15) is 15.3 Å². The van der Waals surface area contributed by atoms with Gasteiger partial charge in [-0.25, -0.2) is 0 Å². The first-order valence-corrected chi connectivity index (χ1v) is 31.7. The molecule has 1 saturated heterocycles. The second kappa shape index (κ2) is 22.9. The predicted octanol–water partition coefficient (Wildman–Crippen LogP) is 18.5. The van der Waals surface area contributed by atoms with Gasteiger partial charge in [0.05, 0.1) is 4.08 Å². The van der Waals surface area contributed by atoms with Crippen LogP contribution in [0.2, 0.25) is 0 Å². The highest BCUT2D eigenvalue weighted by Crippen LogP contribution is 2.67. The van der Waals surface area contributed by atoms with E-state index < -0.39 is 0 Å². The van der Waals surface area contributed by atoms with Crippen LogP contribution >= 0.6 is 35.3 Å². The summed E-state index contributed by atoms with van der Waals surface area (Å²) in [6.07, 6.45) is 25.2. The van der Waals surface area contributed by atoms with Crippen molar-refractivity contribution in [3.8, 4) is 17.2 Å². The molecule has 4 fully saturated rings. The van der Waals surface area contributed by atoms with E-state index in [1.165, 1.54) is 148 Å². The average Bonchev–Trinajstić information content (AvgIpc) is 3.77. The van der Waals surface area contributed by atoms with Gasteiger partial charge in [0, 0.05) is 16.8 Å². The SMILES string of the molecule is CC(C)CC[C@H]1CC2(C[C@@H]3c4ccc(O)cc4CC[C@@]13C)SCCS2.CC(C)CC[C@H]1CCC[C@@H]2c3ccc(O)cc3CC[C@@]12C.CCS[C@@H]1C[C@H](CCC(C)C)[C@]2(C)CCc3cc(O)ccc3[C@H]2C1. The third-order valence-corrected chi connectivity index (χ3v) is 24.8. The lowest BCUT2D eigenvalue weighted by Gasteiger charge is -2.56. The Balaban J connectivity index is 0.000000142. The maximum atomic E-state index is 9.94. The monoisotopic (exact) mass is 1010 g/mol. The minimum Gasteiger partial charge on any atom is -0.508 e. The number of fused-ring (bicyclic) bond motifs is 9. The van der Waals surface area contributed by atoms with Crippen LogP contribution in [0.5, 0.6) is 17.2 Å². The van der Waals surface area contributed by atoms with Gasteiger partial charge >= 0.3 is 0 Å². The molecule has 10 rings (SSSR count). The number of phenols is 3. The van der Waals surface area contributed by atoms with E-state index in [0.717, 1.165) is 60.0 Å². The molecule has 6 aliphatic carbocycles. The van der Waals surface area contributed by atoms with Crippen molar-refractivity contribution in [3.05, 3.63) is 88.0 Å². The zero-order chi connectivity index (χ0) is 50.0. The summed E-state index contributed by atoms with van der Waals surface area (Å²) in [5, 5.41) is 30.4. The molecule has 1 spiro atoms. The van der Waals surface area contributed by atoms with E-state index >= 15 is 0 Å². The van der Waals surface area contributed by atoms with Gasteiger partial charge in [-0.15, -0.1) is 23.5 Å². The molecule has 3 N–H and O–H groups in total. The molecule has 3 saturated carbocycles. The highest BCUT2D eigenvalue weighted by atomic mass is 32.2. The second-order valence-corrected chi connectivity index (χ2v) is 30.6. The van der Waals surface area contributed by atoms with Gasteiger partial charge < -0.3 is 15.3 Å². The molecule has 0 amide bonds. The van der Waals surface area contributed by atoms with Crippen LogP contribution in [0.15, 0.2) is 54.6 Å². The maximum Gasteiger partial charge on any atom is 0.115 e. The summed E-state index contributed by atoms with van der Waals surface area (Å²) in [5.41, 5.74) is 10.2. The Labute approximate surface area is 440 Å². The summed E-state index contributed by atoms with van der Waals surface area (Å²) in [6.45, 7) is 24.2. The van der Waals surface area contributed by atoms with Gasteiger partial charge in [-0.2, -0.15) is 11.8 Å². The number of benzene rings is 3. The molecule has 3 aromatic carbocycles. The highest BCUT2D eigenvalue weighted by molar-refractivity contribution is 8.21. The fraction of sp³-hybridized carbons (Fsp3) is 0.719. The summed E-state index contributed by atoms with van der Waals surface area (Å²) >= 11 is 6.67. The van der Waals surface area contributed by atoms with Crippen LogP contribution in [-0.4, -0.2) is 41.9 Å². The van der Waals surface area contributed by atoms with E-state index in [0.29, 0.717) is 55.3 Å². The molecule has 388 valence electrons. The number of aromatic hydroxyl groups is 3. The zero-order valence-electron chi connectivity index (χ0n) is 45.6. The summed E-state index contributed by atoms with van der Waals surface area (Å²) < 4.78 is 0.457. The van der Waals surface area contributed by atoms with Crippen molar-refractivity contribution in [2.24, 2.45) is 51.8 Å². The molecule has 0 bridgehead atoms. The van der Waals surface area contributed by atoms with Gasteiger partial charge in [-0.3, -0.25) is 0 Å². The minimum atomic E-state index is 0.434. The molecule has 0 unspecified atom stereocenters. The second-order valence-electron chi connectivity index (χ2n) is 25.8. The molecule has 10 atom stereocenters. The molecule has 7 aliphatic rings. The van der Waals surface area contributed by atoms with Crippen LogP contribution in [-0.2, 0) is 19.3 Å². The van der Waals surface area contributed by atoms with Crippen molar-refractivity contribution in [1.82, 2.24) is 0 Å². The Morgan fingerprint density at radius 1 is 0.543 bits per heavy atom. The Morgan fingerprint density at radius 2 is 0.986 bits per heavy atom. The van der Waals surface area contributed by atoms with Crippen LogP contribution in [0.1, 0.15) is 223 Å². The van der Waals surface area contributed by atoms with Crippen LogP contribution in [0, 0.1) is 51.8 Å². The van der Waals surface area contributed by atoms with Gasteiger partial charge in [0.15, 0.2) is 0 Å². The number of phenolic OH excluding ortho intramolecular Hbond substituents is 3. The first-order chi connectivity index (χ1) is 33.4. The van der Waals surface area contributed by atoms with E-state index in [1.807, 2.05) is 36.4 Å². The third kappa shape index (κ3) is 11.8. The molecule has 6 heteroatoms. The minimum absolute atomic E-state index is 0.434. The topological polar surface area (TPSA) is 60.7 Å². The van der Waals surface area contributed by atoms with E-state index in [2.05, 4.69) is 123 Å². The number of aryl methyl sites for hydroxylation is 3. The summed E-state index contributed by atoms with van der Waals surface area (Å²) in [5.74, 6) is 12.3. The van der Waals surface area contributed by atoms with Crippen molar-refractivity contribution in [2.45, 2.75) is 218 Å². The van der Waals surface area contributed by atoms with Gasteiger partial charge in [0.25, 0.3) is 0 Å². The fourth-order valence-corrected chi connectivity index (χ4v) is 20.5. The molecule has 1 heterocycles. The maximum absolute atomic E-state index is 9.94. The number of hydrogen-bond donors (Lipinski definition) is 3. The molecule has 0 aromatic heterocycles. The fourth-order valence-electron chi connectivity index (χ4n) is 15.8. The lowest BCUT2D eigenvalue weighted by molar-refractivity contribution is 0.0539. The molecule has 70 heavy (non-hydrogen) atoms. The molecule has 3 nitrogen and oxygen atoms in total. The molecule has 3 aromatic rings. The highest BCUT2D eigenvalue weighted by Gasteiger charge is 2.56. The van der Waals surface area contributed by atoms with E-state index in [-0.39, 0.29) is 0 Å². The van der Waals surface area contributed by atoms with Crippen molar-refractivity contribution in [3.63, 3.8) is 0 Å². The zero-order valence-corrected chi connectivity index (χ0v) is 48.0. The smallest absolute Gasteiger partial charge is 0.115 e. The summed E-state index contributed by atoms with van der Waals surface area (Å²) in [4.78, 5) is 0. The van der Waals surface area contributed by atoms with Crippen molar-refractivity contribution in [1.29, 1.82) is 0 Å². The standard InChI is InChI=1S/C22H32OS2.C22H34OS.C20H30O/c1-15(2)4-5-17-13-22(24-10-11-25-22)14-20-19-7-6-18(23)12-16(19)8-9-21(17,20)3;1-5-24-19-13-17(7-6-15(2)3)22(4)11-10-16-12-18(23)8-9-20(16)21(22)14-19;1-14(2)7-8-16-5-4-6-19-18-10-9-17(21)13-15(18)11-12-20(16,19)3/h6-7,12,15,17,20,23H,4-5,8-11,13-14H2,1-3H3;8-9,12,15,17,19,21,23H,5-7,10-11,13-14H2,1-4H3;9-10,13-14,16,19,21H,4-8,11-12H2,1-3H3/t17-,20+,21-;17-,19+,21+,22-;16-,19-,20+/m001/s1. The molecule has 0 radical (unpaired) electrons. The lowest BCUT2D eigenvalue weighted by Crippen LogP contribution is -2.47. The number of rotatable bonds is 11. The largest absolute Gasteiger partial charge is 0.508 e. The van der Waals surface area contributed by atoms with Crippen molar-refractivity contribution >= 4 is 35.3 Å². The van der Waals surface area contributed by atoms with Crippen LogP contribution in [0.25, 0.3) is 0 Å². The van der Waals surface area contributed by atoms with Gasteiger partial charge in [-0.1, -0.05) is 113 Å². The molecule has 1 aliphatic heterocycles. The summed E-state index contributed by atoms with van der Waals surface area (Å²) in [7, 11) is 0. The predicted molar refractivity (Wildman–Crippen MR) is 306 cm³/mol. The van der Waals surface area contributed by atoms with Gasteiger partial charge in [0.1, 0.15) is 17.2 Å². The quantitative estimate of drug-likeness (QED) is 0.178. The Morgan fingerprint density at radius 3 is 1.49 bits per heavy atom. The Kier molecular flexibility index (Phi) is 17.8.